The highest BCUT2D eigenvalue weighted by Crippen LogP contribution is 2.28. The lowest BCUT2D eigenvalue weighted by Gasteiger charge is -2.11. The Labute approximate surface area is 165 Å². The van der Waals surface area contributed by atoms with E-state index in [1.807, 2.05) is 43.3 Å². The Morgan fingerprint density at radius 3 is 2.61 bits per heavy atom. The van der Waals surface area contributed by atoms with Gasteiger partial charge >= 0.3 is 0 Å². The summed E-state index contributed by atoms with van der Waals surface area (Å²) in [5.74, 6) is -0.322. The Morgan fingerprint density at radius 1 is 1.04 bits per heavy atom. The number of nitrogens with zero attached hydrogens (tertiary/aromatic N) is 2. The number of aromatic amines is 1. The molecule has 0 saturated carbocycles. The van der Waals surface area contributed by atoms with Crippen LogP contribution in [0.2, 0.25) is 0 Å². The van der Waals surface area contributed by atoms with Gasteiger partial charge in [-0.1, -0.05) is 18.2 Å². The predicted molar refractivity (Wildman–Crippen MR) is 110 cm³/mol. The van der Waals surface area contributed by atoms with Crippen molar-refractivity contribution in [2.45, 2.75) is 17.0 Å². The number of amides is 1. The van der Waals surface area contributed by atoms with Gasteiger partial charge < -0.3 is 10.3 Å². The average Bonchev–Trinajstić information content (AvgIpc) is 2.70. The number of pyridine rings is 1. The monoisotopic (exact) mass is 388 g/mol. The minimum absolute atomic E-state index is 0.310. The summed E-state index contributed by atoms with van der Waals surface area (Å²) < 4.78 is 0. The lowest BCUT2D eigenvalue weighted by atomic mass is 10.1. The zero-order valence-electron chi connectivity index (χ0n) is 15.0. The maximum Gasteiger partial charge on any atom is 0.256 e. The number of H-pyrrole nitrogens is 1. The number of anilines is 1. The van der Waals surface area contributed by atoms with Crippen LogP contribution in [0.4, 0.5) is 5.69 Å². The molecule has 28 heavy (non-hydrogen) atoms. The van der Waals surface area contributed by atoms with Gasteiger partial charge in [-0.05, 0) is 54.6 Å². The van der Waals surface area contributed by atoms with Gasteiger partial charge in [-0.2, -0.15) is 0 Å². The van der Waals surface area contributed by atoms with E-state index in [-0.39, 0.29) is 11.5 Å². The molecule has 0 aliphatic carbocycles. The van der Waals surface area contributed by atoms with Crippen LogP contribution >= 0.6 is 11.8 Å². The van der Waals surface area contributed by atoms with E-state index in [0.717, 1.165) is 10.5 Å². The largest absolute Gasteiger partial charge is 0.322 e. The van der Waals surface area contributed by atoms with Crippen molar-refractivity contribution in [2.75, 3.05) is 5.32 Å². The Kier molecular flexibility index (Phi) is 4.90. The highest BCUT2D eigenvalue weighted by molar-refractivity contribution is 7.99. The number of carbonyl (C=O) groups is 1. The molecule has 0 aliphatic rings. The highest BCUT2D eigenvalue weighted by Gasteiger charge is 2.13. The fourth-order valence-electron chi connectivity index (χ4n) is 2.87. The Balaban J connectivity index is 1.59. The molecule has 1 amide bonds. The first kappa shape index (κ1) is 17.9. The van der Waals surface area contributed by atoms with Crippen molar-refractivity contribution in [3.05, 3.63) is 88.5 Å². The van der Waals surface area contributed by atoms with E-state index >= 15 is 0 Å². The molecule has 2 aromatic heterocycles. The summed E-state index contributed by atoms with van der Waals surface area (Å²) in [6.45, 7) is 1.92. The molecule has 0 fully saturated rings. The Bertz CT molecular complexity index is 1220. The van der Waals surface area contributed by atoms with Gasteiger partial charge in [0.15, 0.2) is 5.16 Å². The number of para-hydroxylation sites is 1. The molecule has 2 heterocycles. The maximum atomic E-state index is 12.8. The second-order valence-corrected chi connectivity index (χ2v) is 7.20. The third-order valence-corrected chi connectivity index (χ3v) is 5.08. The summed E-state index contributed by atoms with van der Waals surface area (Å²) >= 11 is 1.45. The number of fused-ring (bicyclic) bond motifs is 1. The topological polar surface area (TPSA) is 87.7 Å². The average molecular weight is 388 g/mol. The molecular formula is C21H16N4O2S. The van der Waals surface area contributed by atoms with E-state index in [2.05, 4.69) is 20.3 Å². The molecule has 0 bridgehead atoms. The van der Waals surface area contributed by atoms with Crippen molar-refractivity contribution in [3.8, 4) is 0 Å². The van der Waals surface area contributed by atoms with Gasteiger partial charge in [-0.3, -0.25) is 9.59 Å². The summed E-state index contributed by atoms with van der Waals surface area (Å²) in [6, 6.07) is 16.0. The number of benzene rings is 2. The molecule has 0 spiro atoms. The molecule has 0 unspecified atom stereocenters. The summed E-state index contributed by atoms with van der Waals surface area (Å²) in [5, 5.41) is 4.27. The number of rotatable bonds is 4. The van der Waals surface area contributed by atoms with Crippen LogP contribution in [-0.2, 0) is 0 Å². The first-order valence-electron chi connectivity index (χ1n) is 8.59. The van der Waals surface area contributed by atoms with E-state index in [1.165, 1.54) is 17.8 Å². The van der Waals surface area contributed by atoms with Crippen LogP contribution in [0.3, 0.4) is 0 Å². The molecule has 0 radical (unpaired) electrons. The van der Waals surface area contributed by atoms with Gasteiger partial charge in [0.05, 0.1) is 5.56 Å². The van der Waals surface area contributed by atoms with Crippen molar-refractivity contribution in [1.82, 2.24) is 15.0 Å². The summed E-state index contributed by atoms with van der Waals surface area (Å²) in [5.41, 5.74) is 2.26. The molecule has 0 atom stereocenters. The van der Waals surface area contributed by atoms with Crippen molar-refractivity contribution >= 4 is 34.3 Å². The van der Waals surface area contributed by atoms with E-state index in [4.69, 9.17) is 0 Å². The quantitative estimate of drug-likeness (QED) is 0.515. The van der Waals surface area contributed by atoms with Crippen LogP contribution in [0.25, 0.3) is 10.9 Å². The van der Waals surface area contributed by atoms with Gasteiger partial charge in [-0.25, -0.2) is 9.97 Å². The fraction of sp³-hybridized carbons (Fsp3) is 0.0476. The Morgan fingerprint density at radius 2 is 1.82 bits per heavy atom. The van der Waals surface area contributed by atoms with E-state index in [0.29, 0.717) is 27.3 Å². The maximum absolute atomic E-state index is 12.8. The lowest BCUT2D eigenvalue weighted by Crippen LogP contribution is -2.17. The summed E-state index contributed by atoms with van der Waals surface area (Å²) in [6.07, 6.45) is 3.39. The van der Waals surface area contributed by atoms with Crippen LogP contribution in [-0.4, -0.2) is 20.9 Å². The normalized spacial score (nSPS) is 10.8. The lowest BCUT2D eigenvalue weighted by molar-refractivity contribution is 0.102. The first-order chi connectivity index (χ1) is 13.6. The minimum atomic E-state index is -0.322. The molecule has 0 aliphatic heterocycles. The SMILES string of the molecule is Cc1cc(Sc2ncccn2)ccc1NC(=O)c1cc(=O)[nH]c2ccccc12. The van der Waals surface area contributed by atoms with Crippen LogP contribution in [0, 0.1) is 6.92 Å². The van der Waals surface area contributed by atoms with Gasteiger partial charge in [-0.15, -0.1) is 0 Å². The predicted octanol–water partition coefficient (Wildman–Crippen LogP) is 4.03. The third-order valence-electron chi connectivity index (χ3n) is 4.19. The number of hydrogen-bond donors (Lipinski definition) is 2. The van der Waals surface area contributed by atoms with E-state index in [9.17, 15) is 9.59 Å². The fourth-order valence-corrected chi connectivity index (χ4v) is 3.68. The van der Waals surface area contributed by atoms with Crippen LogP contribution in [0.15, 0.2) is 81.8 Å². The zero-order chi connectivity index (χ0) is 19.5. The first-order valence-corrected chi connectivity index (χ1v) is 9.41. The Hall–Kier alpha value is -3.45. The van der Waals surface area contributed by atoms with E-state index < -0.39 is 0 Å². The van der Waals surface area contributed by atoms with Gasteiger partial charge in [0.25, 0.3) is 5.91 Å². The molecule has 4 rings (SSSR count). The van der Waals surface area contributed by atoms with Crippen molar-refractivity contribution in [2.24, 2.45) is 0 Å². The molecule has 2 N–H and O–H groups in total. The van der Waals surface area contributed by atoms with Crippen molar-refractivity contribution in [1.29, 1.82) is 0 Å². The molecule has 6 nitrogen and oxygen atoms in total. The standard InChI is InChI=1S/C21H16N4O2S/c1-13-11-14(28-21-22-9-4-10-23-21)7-8-17(13)25-20(27)16-12-19(26)24-18-6-3-2-5-15(16)18/h2-12H,1H3,(H,24,26)(H,25,27). The zero-order valence-corrected chi connectivity index (χ0v) is 15.8. The second kappa shape index (κ2) is 7.66. The molecule has 138 valence electrons. The molecule has 0 saturated heterocycles. The number of carbonyl (C=O) groups excluding carboxylic acids is 1. The van der Waals surface area contributed by atoms with Gasteiger partial charge in [0, 0.05) is 39.9 Å². The summed E-state index contributed by atoms with van der Waals surface area (Å²) in [7, 11) is 0. The number of aryl methyl sites for hydroxylation is 1. The van der Waals surface area contributed by atoms with E-state index in [1.54, 1.807) is 24.5 Å². The van der Waals surface area contributed by atoms with Gasteiger partial charge in [0.2, 0.25) is 5.56 Å². The van der Waals surface area contributed by atoms with Crippen molar-refractivity contribution in [3.63, 3.8) is 0 Å². The van der Waals surface area contributed by atoms with Crippen molar-refractivity contribution < 1.29 is 4.79 Å². The number of aromatic nitrogens is 3. The smallest absolute Gasteiger partial charge is 0.256 e. The highest BCUT2D eigenvalue weighted by atomic mass is 32.2. The second-order valence-electron chi connectivity index (χ2n) is 6.16. The van der Waals surface area contributed by atoms with Gasteiger partial charge in [0.1, 0.15) is 0 Å². The van der Waals surface area contributed by atoms with Crippen LogP contribution in [0.1, 0.15) is 15.9 Å². The van der Waals surface area contributed by atoms with Crippen LogP contribution in [0.5, 0.6) is 0 Å². The molecular weight excluding hydrogens is 372 g/mol. The minimum Gasteiger partial charge on any atom is -0.322 e. The molecule has 7 heteroatoms. The van der Waals surface area contributed by atoms with Crippen LogP contribution < -0.4 is 10.9 Å². The number of nitrogens with one attached hydrogen (secondary N) is 2. The molecule has 2 aromatic carbocycles. The summed E-state index contributed by atoms with van der Waals surface area (Å²) in [4.78, 5) is 36.8. The molecule has 4 aromatic rings. The third kappa shape index (κ3) is 3.79. The number of hydrogen-bond acceptors (Lipinski definition) is 5.